The van der Waals surface area contributed by atoms with Gasteiger partial charge in [0.1, 0.15) is 5.69 Å². The summed E-state index contributed by atoms with van der Waals surface area (Å²) in [6.07, 6.45) is -2.79. The largest absolute Gasteiger partial charge is 0.462 e. The van der Waals surface area contributed by atoms with Crippen molar-refractivity contribution in [2.75, 3.05) is 6.61 Å². The third-order valence-electron chi connectivity index (χ3n) is 1.82. The first-order chi connectivity index (χ1) is 7.60. The third kappa shape index (κ3) is 2.98. The Balaban J connectivity index is 3.12. The Kier molecular flexibility index (Phi) is 4.79. The number of halogens is 3. The molecule has 0 aromatic carbocycles. The number of aromatic nitrogens is 1. The van der Waals surface area contributed by atoms with E-state index in [-0.39, 0.29) is 12.2 Å². The topological polar surface area (TPSA) is 39.2 Å². The highest BCUT2D eigenvalue weighted by atomic mass is 79.9. The Hall–Kier alpha value is -1.04. The van der Waals surface area contributed by atoms with Crippen molar-refractivity contribution in [3.05, 3.63) is 29.1 Å². The summed E-state index contributed by atoms with van der Waals surface area (Å²) in [5.41, 5.74) is -0.264. The Bertz CT molecular complexity index is 385. The van der Waals surface area contributed by atoms with Crippen LogP contribution in [0.5, 0.6) is 0 Å². The van der Waals surface area contributed by atoms with Crippen LogP contribution in [0.2, 0.25) is 0 Å². The van der Waals surface area contributed by atoms with Crippen LogP contribution in [0.15, 0.2) is 12.1 Å². The van der Waals surface area contributed by atoms with Gasteiger partial charge in [0.25, 0.3) is 6.43 Å². The number of ether oxygens (including phenoxy) is 1. The third-order valence-corrected chi connectivity index (χ3v) is 2.40. The van der Waals surface area contributed by atoms with E-state index >= 15 is 0 Å². The molecule has 0 fully saturated rings. The van der Waals surface area contributed by atoms with Gasteiger partial charge in [0.2, 0.25) is 0 Å². The summed E-state index contributed by atoms with van der Waals surface area (Å²) in [5, 5.41) is 0.357. The molecular formula is C10H10BrF2NO2. The van der Waals surface area contributed by atoms with Gasteiger partial charge >= 0.3 is 5.97 Å². The summed E-state index contributed by atoms with van der Waals surface area (Å²) < 4.78 is 30.0. The number of pyridine rings is 1. The molecular weight excluding hydrogens is 284 g/mol. The Labute approximate surface area is 99.9 Å². The molecule has 16 heavy (non-hydrogen) atoms. The van der Waals surface area contributed by atoms with Crippen LogP contribution in [-0.4, -0.2) is 17.6 Å². The lowest BCUT2D eigenvalue weighted by atomic mass is 10.2. The number of carbonyl (C=O) groups is 1. The molecule has 0 saturated heterocycles. The smallest absolute Gasteiger partial charge is 0.340 e. The molecule has 0 amide bonds. The van der Waals surface area contributed by atoms with Crippen LogP contribution in [0.4, 0.5) is 8.78 Å². The first-order valence-corrected chi connectivity index (χ1v) is 5.73. The van der Waals surface area contributed by atoms with E-state index in [0.717, 1.165) is 0 Å². The van der Waals surface area contributed by atoms with Gasteiger partial charge in [-0.15, -0.1) is 0 Å². The summed E-state index contributed by atoms with van der Waals surface area (Å²) in [6.45, 7) is 1.75. The van der Waals surface area contributed by atoms with E-state index in [4.69, 9.17) is 0 Å². The zero-order valence-electron chi connectivity index (χ0n) is 8.54. The van der Waals surface area contributed by atoms with Crippen LogP contribution in [-0.2, 0) is 10.1 Å². The van der Waals surface area contributed by atoms with Crippen molar-refractivity contribution in [1.82, 2.24) is 4.98 Å². The molecule has 0 atom stereocenters. The highest BCUT2D eigenvalue weighted by Crippen LogP contribution is 2.22. The fourth-order valence-electron chi connectivity index (χ4n) is 1.14. The molecule has 3 nitrogen and oxygen atoms in total. The maximum Gasteiger partial charge on any atom is 0.340 e. The van der Waals surface area contributed by atoms with Crippen molar-refractivity contribution in [2.24, 2.45) is 0 Å². The quantitative estimate of drug-likeness (QED) is 0.633. The van der Waals surface area contributed by atoms with Crippen molar-refractivity contribution in [1.29, 1.82) is 0 Å². The van der Waals surface area contributed by atoms with Gasteiger partial charge < -0.3 is 4.74 Å². The Morgan fingerprint density at radius 1 is 1.56 bits per heavy atom. The van der Waals surface area contributed by atoms with Gasteiger partial charge in [-0.3, -0.25) is 4.98 Å². The summed E-state index contributed by atoms with van der Waals surface area (Å²) in [4.78, 5) is 15.1. The van der Waals surface area contributed by atoms with Gasteiger partial charge in [-0.25, -0.2) is 13.6 Å². The molecule has 0 bridgehead atoms. The zero-order chi connectivity index (χ0) is 12.1. The van der Waals surface area contributed by atoms with Gasteiger partial charge in [0, 0.05) is 5.33 Å². The lowest BCUT2D eigenvalue weighted by molar-refractivity contribution is 0.0513. The van der Waals surface area contributed by atoms with E-state index in [1.165, 1.54) is 12.1 Å². The van der Waals surface area contributed by atoms with E-state index in [2.05, 4.69) is 25.7 Å². The molecule has 1 aromatic heterocycles. The van der Waals surface area contributed by atoms with Crippen LogP contribution in [0.25, 0.3) is 0 Å². The lowest BCUT2D eigenvalue weighted by Crippen LogP contribution is -2.11. The number of rotatable bonds is 4. The number of alkyl halides is 3. The fourth-order valence-corrected chi connectivity index (χ4v) is 1.45. The van der Waals surface area contributed by atoms with Gasteiger partial charge in [-0.2, -0.15) is 0 Å². The van der Waals surface area contributed by atoms with Gasteiger partial charge in [-0.05, 0) is 19.1 Å². The van der Waals surface area contributed by atoms with E-state index in [9.17, 15) is 13.6 Å². The summed E-state index contributed by atoms with van der Waals surface area (Å²) in [6, 6.07) is 2.82. The van der Waals surface area contributed by atoms with E-state index < -0.39 is 18.1 Å². The monoisotopic (exact) mass is 293 g/mol. The van der Waals surface area contributed by atoms with Crippen molar-refractivity contribution in [2.45, 2.75) is 18.7 Å². The van der Waals surface area contributed by atoms with E-state index in [1.807, 2.05) is 0 Å². The second kappa shape index (κ2) is 5.89. The predicted octanol–water partition coefficient (Wildman–Crippen LogP) is 3.09. The van der Waals surface area contributed by atoms with Gasteiger partial charge in [0.05, 0.1) is 17.9 Å². The number of nitrogens with zero attached hydrogens (tertiary/aromatic N) is 1. The SMILES string of the molecule is CCOC(=O)c1ccc(CBr)nc1C(F)F. The van der Waals surface area contributed by atoms with Crippen molar-refractivity contribution >= 4 is 21.9 Å². The van der Waals surface area contributed by atoms with E-state index in [1.54, 1.807) is 6.92 Å². The van der Waals surface area contributed by atoms with Crippen molar-refractivity contribution in [3.8, 4) is 0 Å². The molecule has 6 heteroatoms. The van der Waals surface area contributed by atoms with Crippen molar-refractivity contribution in [3.63, 3.8) is 0 Å². The molecule has 0 aliphatic carbocycles. The predicted molar refractivity (Wildman–Crippen MR) is 57.8 cm³/mol. The average Bonchev–Trinajstić information content (AvgIpc) is 2.28. The lowest BCUT2D eigenvalue weighted by Gasteiger charge is -2.08. The van der Waals surface area contributed by atoms with Gasteiger partial charge in [-0.1, -0.05) is 15.9 Å². The molecule has 0 N–H and O–H groups in total. The number of esters is 1. The number of hydrogen-bond donors (Lipinski definition) is 0. The second-order valence-corrected chi connectivity index (χ2v) is 3.45. The molecule has 0 aliphatic heterocycles. The zero-order valence-corrected chi connectivity index (χ0v) is 10.1. The average molecular weight is 294 g/mol. The molecule has 0 spiro atoms. The molecule has 0 saturated carbocycles. The first-order valence-electron chi connectivity index (χ1n) is 4.61. The highest BCUT2D eigenvalue weighted by molar-refractivity contribution is 9.08. The van der Waals surface area contributed by atoms with Gasteiger partial charge in [0.15, 0.2) is 0 Å². The molecule has 1 aromatic rings. The minimum Gasteiger partial charge on any atom is -0.462 e. The van der Waals surface area contributed by atoms with E-state index in [0.29, 0.717) is 11.0 Å². The standard InChI is InChI=1S/C10H10BrF2NO2/c1-2-16-10(15)7-4-3-6(5-11)14-8(7)9(12)13/h3-4,9H,2,5H2,1H3. The summed E-state index contributed by atoms with van der Waals surface area (Å²) in [7, 11) is 0. The second-order valence-electron chi connectivity index (χ2n) is 2.89. The summed E-state index contributed by atoms with van der Waals surface area (Å²) >= 11 is 3.11. The Morgan fingerprint density at radius 3 is 2.75 bits per heavy atom. The number of hydrogen-bond acceptors (Lipinski definition) is 3. The molecule has 0 radical (unpaired) electrons. The van der Waals surface area contributed by atoms with Crippen LogP contribution >= 0.6 is 15.9 Å². The van der Waals surface area contributed by atoms with Crippen LogP contribution in [0, 0.1) is 0 Å². The highest BCUT2D eigenvalue weighted by Gasteiger charge is 2.21. The number of carbonyl (C=O) groups excluding carboxylic acids is 1. The van der Waals surface area contributed by atoms with Crippen molar-refractivity contribution < 1.29 is 18.3 Å². The fraction of sp³-hybridized carbons (Fsp3) is 0.400. The maximum atomic E-state index is 12.7. The maximum absolute atomic E-state index is 12.7. The molecule has 1 rings (SSSR count). The van der Waals surface area contributed by atoms with Crippen LogP contribution in [0.1, 0.15) is 35.1 Å². The van der Waals surface area contributed by atoms with Crippen LogP contribution < -0.4 is 0 Å². The molecule has 1 heterocycles. The Morgan fingerprint density at radius 2 is 2.25 bits per heavy atom. The molecule has 88 valence electrons. The summed E-state index contributed by atoms with van der Waals surface area (Å²) in [5.74, 6) is -0.772. The first kappa shape index (κ1) is 13.0. The van der Waals surface area contributed by atoms with Crippen LogP contribution in [0.3, 0.4) is 0 Å². The minimum absolute atomic E-state index is 0.141. The molecule has 0 unspecified atom stereocenters. The normalized spacial score (nSPS) is 10.6. The molecule has 0 aliphatic rings. The minimum atomic E-state index is -2.79.